The van der Waals surface area contributed by atoms with E-state index in [2.05, 4.69) is 5.32 Å². The van der Waals surface area contributed by atoms with Gasteiger partial charge in [0.05, 0.1) is 5.75 Å². The van der Waals surface area contributed by atoms with Crippen molar-refractivity contribution < 1.29 is 17.6 Å². The summed E-state index contributed by atoms with van der Waals surface area (Å²) in [7, 11) is -3.42. The normalized spacial score (nSPS) is 19.8. The molecule has 110 valence electrons. The molecule has 0 spiro atoms. The molecule has 0 aromatic heterocycles. The van der Waals surface area contributed by atoms with Gasteiger partial charge in [-0.3, -0.25) is 4.79 Å². The predicted octanol–water partition coefficient (Wildman–Crippen LogP) is 1.42. The quantitative estimate of drug-likeness (QED) is 0.835. The topological polar surface area (TPSA) is 63.2 Å². The third-order valence-electron chi connectivity index (χ3n) is 3.41. The zero-order valence-electron chi connectivity index (χ0n) is 11.1. The maximum atomic E-state index is 12.8. The lowest BCUT2D eigenvalue weighted by atomic mass is 10.0. The summed E-state index contributed by atoms with van der Waals surface area (Å²) >= 11 is 0. The minimum absolute atomic E-state index is 0.0347. The van der Waals surface area contributed by atoms with E-state index in [1.54, 1.807) is 0 Å². The first-order valence-corrected chi connectivity index (χ1v) is 8.48. The average molecular weight is 299 g/mol. The fourth-order valence-corrected chi connectivity index (χ4v) is 4.09. The van der Waals surface area contributed by atoms with Crippen LogP contribution < -0.4 is 5.32 Å². The van der Waals surface area contributed by atoms with Gasteiger partial charge in [0.25, 0.3) is 0 Å². The summed E-state index contributed by atoms with van der Waals surface area (Å²) in [5.74, 6) is -1.32. The molecular weight excluding hydrogens is 281 g/mol. The van der Waals surface area contributed by atoms with Gasteiger partial charge >= 0.3 is 0 Å². The summed E-state index contributed by atoms with van der Waals surface area (Å²) in [4.78, 5) is 11.9. The lowest BCUT2D eigenvalue weighted by Crippen LogP contribution is -2.35. The molecule has 0 saturated carbocycles. The zero-order chi connectivity index (χ0) is 14.6. The van der Waals surface area contributed by atoms with Gasteiger partial charge in [-0.15, -0.1) is 0 Å². The average Bonchev–Trinajstić information content (AvgIpc) is 2.39. The molecular formula is C14H18FNO3S. The summed E-state index contributed by atoms with van der Waals surface area (Å²) in [5, 5.41) is 3.16. The van der Waals surface area contributed by atoms with Gasteiger partial charge in [-0.1, -0.05) is 0 Å². The molecule has 1 unspecified atom stereocenters. The molecule has 20 heavy (non-hydrogen) atoms. The lowest BCUT2D eigenvalue weighted by Gasteiger charge is -2.22. The van der Waals surface area contributed by atoms with Crippen molar-refractivity contribution >= 4 is 15.6 Å². The lowest BCUT2D eigenvalue weighted by molar-refractivity contribution is 0.102. The maximum Gasteiger partial charge on any atom is 0.177 e. The van der Waals surface area contributed by atoms with Crippen LogP contribution in [0.1, 0.15) is 23.2 Å². The van der Waals surface area contributed by atoms with Gasteiger partial charge in [0.15, 0.2) is 15.6 Å². The number of hydrogen-bond acceptors (Lipinski definition) is 4. The van der Waals surface area contributed by atoms with Crippen LogP contribution in [0, 0.1) is 11.7 Å². The molecule has 0 bridgehead atoms. The highest BCUT2D eigenvalue weighted by atomic mass is 32.2. The number of hydrogen-bond donors (Lipinski definition) is 1. The Kier molecular flexibility index (Phi) is 4.88. The zero-order valence-corrected chi connectivity index (χ0v) is 12.0. The second-order valence-corrected chi connectivity index (χ2v) is 7.31. The van der Waals surface area contributed by atoms with E-state index in [-0.39, 0.29) is 17.2 Å². The highest BCUT2D eigenvalue weighted by molar-refractivity contribution is 7.92. The first-order chi connectivity index (χ1) is 9.46. The highest BCUT2D eigenvalue weighted by Crippen LogP contribution is 2.14. The van der Waals surface area contributed by atoms with Crippen molar-refractivity contribution in [1.29, 1.82) is 0 Å². The van der Waals surface area contributed by atoms with Gasteiger partial charge in [0.1, 0.15) is 11.6 Å². The Morgan fingerprint density at radius 2 is 2.00 bits per heavy atom. The van der Waals surface area contributed by atoms with Crippen LogP contribution in [0.5, 0.6) is 0 Å². The van der Waals surface area contributed by atoms with Crippen molar-refractivity contribution in [3.8, 4) is 0 Å². The summed E-state index contributed by atoms with van der Waals surface area (Å²) < 4.78 is 36.8. The summed E-state index contributed by atoms with van der Waals surface area (Å²) in [6, 6.07) is 4.94. The van der Waals surface area contributed by atoms with Crippen LogP contribution in [0.15, 0.2) is 24.3 Å². The summed E-state index contributed by atoms with van der Waals surface area (Å²) in [6.45, 7) is 1.61. The molecule has 1 heterocycles. The summed E-state index contributed by atoms with van der Waals surface area (Å²) in [5.41, 5.74) is 0.233. The van der Waals surface area contributed by atoms with Gasteiger partial charge in [0.2, 0.25) is 0 Å². The fraction of sp³-hybridized carbons (Fsp3) is 0.500. The fourth-order valence-electron chi connectivity index (χ4n) is 2.40. The van der Waals surface area contributed by atoms with E-state index in [1.165, 1.54) is 12.1 Å². The number of Topliss-reactive ketones (excluding diaryl/α,β-unsaturated/α-hetero) is 1. The van der Waals surface area contributed by atoms with Gasteiger partial charge in [-0.2, -0.15) is 0 Å². The second-order valence-electron chi connectivity index (χ2n) is 5.20. The maximum absolute atomic E-state index is 12.8. The summed E-state index contributed by atoms with van der Waals surface area (Å²) in [6.07, 6.45) is 1.84. The molecule has 1 N–H and O–H groups in total. The Balaban J connectivity index is 1.96. The minimum atomic E-state index is -3.42. The molecule has 1 atom stereocenters. The Bertz CT molecular complexity index is 563. The number of rotatable bonds is 5. The number of halogens is 1. The number of carbonyl (C=O) groups is 1. The van der Waals surface area contributed by atoms with Crippen LogP contribution in [0.2, 0.25) is 0 Å². The number of nitrogens with one attached hydrogen (secondary N) is 1. The van der Waals surface area contributed by atoms with E-state index >= 15 is 0 Å². The Labute approximate surface area is 118 Å². The van der Waals surface area contributed by atoms with Crippen LogP contribution in [0.3, 0.4) is 0 Å². The predicted molar refractivity (Wildman–Crippen MR) is 75.0 cm³/mol. The third-order valence-corrected chi connectivity index (χ3v) is 5.09. The van der Waals surface area contributed by atoms with E-state index in [1.807, 2.05) is 0 Å². The molecule has 6 heteroatoms. The van der Waals surface area contributed by atoms with E-state index < -0.39 is 27.2 Å². The van der Waals surface area contributed by atoms with Gasteiger partial charge in [-0.25, -0.2) is 12.8 Å². The number of piperidine rings is 1. The molecule has 1 saturated heterocycles. The van der Waals surface area contributed by atoms with Crippen molar-refractivity contribution in [2.45, 2.75) is 12.8 Å². The first kappa shape index (κ1) is 15.1. The Hall–Kier alpha value is -1.27. The minimum Gasteiger partial charge on any atom is -0.316 e. The SMILES string of the molecule is O=C(CS(=O)(=O)CC1CCCNC1)c1ccc(F)cc1. The van der Waals surface area contributed by atoms with Crippen molar-refractivity contribution in [3.63, 3.8) is 0 Å². The molecule has 1 aromatic rings. The largest absolute Gasteiger partial charge is 0.316 e. The molecule has 0 radical (unpaired) electrons. The molecule has 0 amide bonds. The molecule has 0 aliphatic carbocycles. The monoisotopic (exact) mass is 299 g/mol. The Morgan fingerprint density at radius 1 is 1.30 bits per heavy atom. The molecule has 2 rings (SSSR count). The van der Waals surface area contributed by atoms with Crippen molar-refractivity contribution in [3.05, 3.63) is 35.6 Å². The first-order valence-electron chi connectivity index (χ1n) is 6.66. The van der Waals surface area contributed by atoms with Crippen LogP contribution >= 0.6 is 0 Å². The van der Waals surface area contributed by atoms with Crippen molar-refractivity contribution in [2.75, 3.05) is 24.6 Å². The van der Waals surface area contributed by atoms with Gasteiger partial charge in [-0.05, 0) is 56.1 Å². The van der Waals surface area contributed by atoms with E-state index in [4.69, 9.17) is 0 Å². The molecule has 1 aromatic carbocycles. The number of benzene rings is 1. The molecule has 4 nitrogen and oxygen atoms in total. The van der Waals surface area contributed by atoms with Crippen LogP contribution in [0.4, 0.5) is 4.39 Å². The number of sulfone groups is 1. The van der Waals surface area contributed by atoms with E-state index in [9.17, 15) is 17.6 Å². The van der Waals surface area contributed by atoms with Crippen molar-refractivity contribution in [2.24, 2.45) is 5.92 Å². The third kappa shape index (κ3) is 4.38. The van der Waals surface area contributed by atoms with E-state index in [0.29, 0.717) is 6.54 Å². The van der Waals surface area contributed by atoms with Gasteiger partial charge in [0, 0.05) is 5.56 Å². The van der Waals surface area contributed by atoms with Crippen molar-refractivity contribution in [1.82, 2.24) is 5.32 Å². The standard InChI is InChI=1S/C14H18FNO3S/c15-13-5-3-12(4-6-13)14(17)10-20(18,19)9-11-2-1-7-16-8-11/h3-6,11,16H,1-2,7-10H2. The second kappa shape index (κ2) is 6.45. The smallest absolute Gasteiger partial charge is 0.177 e. The van der Waals surface area contributed by atoms with Crippen LogP contribution in [0.25, 0.3) is 0 Å². The Morgan fingerprint density at radius 3 is 2.60 bits per heavy atom. The number of ketones is 1. The van der Waals surface area contributed by atoms with Gasteiger partial charge < -0.3 is 5.32 Å². The van der Waals surface area contributed by atoms with Crippen LogP contribution in [-0.2, 0) is 9.84 Å². The van der Waals surface area contributed by atoms with E-state index in [0.717, 1.165) is 31.5 Å². The molecule has 1 aliphatic heterocycles. The number of carbonyl (C=O) groups excluding carboxylic acids is 1. The molecule has 1 fully saturated rings. The molecule has 1 aliphatic rings. The van der Waals surface area contributed by atoms with Crippen LogP contribution in [-0.4, -0.2) is 38.8 Å². The highest BCUT2D eigenvalue weighted by Gasteiger charge is 2.24.